The van der Waals surface area contributed by atoms with E-state index in [1.54, 1.807) is 0 Å². The molecule has 0 aromatic rings. The molecule has 0 aromatic carbocycles. The van der Waals surface area contributed by atoms with Crippen LogP contribution in [0.15, 0.2) is 39.3 Å². The molecular weight excluding hydrogens is 369 g/mol. The molecule has 9 heteroatoms. The molecule has 0 radical (unpaired) electrons. The van der Waals surface area contributed by atoms with Gasteiger partial charge in [0.25, 0.3) is 0 Å². The van der Waals surface area contributed by atoms with Gasteiger partial charge in [-0.2, -0.15) is 4.40 Å². The standard InChI is InChI=1S/C17H22N5O2PS/c1-18-15(23)16(24)20-14-12-9-25-17-11(7-8-19-17)13(12)22(26-21-14)10-5-3-2-4-6-10/h7-10,17,19,25H,2-6H2,1H3,(H,18,23)(H,20,21,24). The number of hydrogen-bond donors (Lipinski definition) is 3. The summed E-state index contributed by atoms with van der Waals surface area (Å²) >= 11 is 1.39. The van der Waals surface area contributed by atoms with Crippen LogP contribution in [0.2, 0.25) is 0 Å². The number of amides is 2. The summed E-state index contributed by atoms with van der Waals surface area (Å²) in [6.45, 7) is 0. The van der Waals surface area contributed by atoms with E-state index in [4.69, 9.17) is 0 Å². The minimum atomic E-state index is -0.686. The molecule has 0 aromatic heterocycles. The first kappa shape index (κ1) is 17.6. The van der Waals surface area contributed by atoms with Crippen molar-refractivity contribution in [1.82, 2.24) is 20.3 Å². The van der Waals surface area contributed by atoms with Gasteiger partial charge in [-0.05, 0) is 30.9 Å². The van der Waals surface area contributed by atoms with Gasteiger partial charge in [0.2, 0.25) is 0 Å². The summed E-state index contributed by atoms with van der Waals surface area (Å²) in [6, 6.07) is 0.454. The Morgan fingerprint density at radius 3 is 2.88 bits per heavy atom. The van der Waals surface area contributed by atoms with Crippen molar-refractivity contribution in [1.29, 1.82) is 0 Å². The van der Waals surface area contributed by atoms with E-state index in [-0.39, 0.29) is 0 Å². The minimum Gasteiger partial charge on any atom is -0.380 e. The van der Waals surface area contributed by atoms with Crippen LogP contribution in [0.25, 0.3) is 0 Å². The third-order valence-corrected chi connectivity index (χ3v) is 7.21. The molecule has 1 aliphatic carbocycles. The second-order valence-corrected chi connectivity index (χ2v) is 8.57. The Hall–Kier alpha value is -1.79. The van der Waals surface area contributed by atoms with Crippen LogP contribution >= 0.6 is 20.7 Å². The molecule has 2 unspecified atom stereocenters. The predicted molar refractivity (Wildman–Crippen MR) is 105 cm³/mol. The van der Waals surface area contributed by atoms with E-state index in [1.807, 2.05) is 6.20 Å². The average Bonchev–Trinajstić information content (AvgIpc) is 3.17. The zero-order valence-corrected chi connectivity index (χ0v) is 16.4. The lowest BCUT2D eigenvalue weighted by Crippen LogP contribution is -2.45. The lowest BCUT2D eigenvalue weighted by atomic mass is 9.94. The summed E-state index contributed by atoms with van der Waals surface area (Å²) in [5.41, 5.74) is 3.32. The van der Waals surface area contributed by atoms with Crippen LogP contribution < -0.4 is 16.0 Å². The number of nitrogens with zero attached hydrogens (tertiary/aromatic N) is 2. The van der Waals surface area contributed by atoms with Crippen LogP contribution in [0.1, 0.15) is 32.1 Å². The summed E-state index contributed by atoms with van der Waals surface area (Å²) in [7, 11) is 2.00. The van der Waals surface area contributed by atoms with Crippen molar-refractivity contribution >= 4 is 38.4 Å². The van der Waals surface area contributed by atoms with E-state index in [2.05, 4.69) is 36.5 Å². The summed E-state index contributed by atoms with van der Waals surface area (Å²) < 4.78 is 6.87. The lowest BCUT2D eigenvalue weighted by molar-refractivity contribution is -0.138. The smallest absolute Gasteiger partial charge is 0.314 e. The topological polar surface area (TPSA) is 85.8 Å². The third-order valence-electron chi connectivity index (χ3n) is 5.03. The highest BCUT2D eigenvalue weighted by molar-refractivity contribution is 7.96. The van der Waals surface area contributed by atoms with Gasteiger partial charge in [-0.1, -0.05) is 27.8 Å². The first-order chi connectivity index (χ1) is 12.7. The number of carbonyl (C=O) groups excluding carboxylic acids is 2. The normalized spacial score (nSPS) is 25.9. The Labute approximate surface area is 158 Å². The maximum atomic E-state index is 12.0. The molecule has 3 aliphatic heterocycles. The van der Waals surface area contributed by atoms with Crippen LogP contribution in [0, 0.1) is 0 Å². The van der Waals surface area contributed by atoms with Crippen LogP contribution in [0.4, 0.5) is 0 Å². The van der Waals surface area contributed by atoms with Gasteiger partial charge in [-0.15, -0.1) is 0 Å². The Kier molecular flexibility index (Phi) is 5.05. The molecule has 2 atom stereocenters. The van der Waals surface area contributed by atoms with E-state index < -0.39 is 11.8 Å². The van der Waals surface area contributed by atoms with Crippen molar-refractivity contribution in [3.63, 3.8) is 0 Å². The van der Waals surface area contributed by atoms with Crippen molar-refractivity contribution in [3.8, 4) is 0 Å². The van der Waals surface area contributed by atoms with Crippen molar-refractivity contribution in [2.24, 2.45) is 4.40 Å². The van der Waals surface area contributed by atoms with Crippen LogP contribution in [-0.2, 0) is 9.59 Å². The van der Waals surface area contributed by atoms with E-state index in [0.29, 0.717) is 26.2 Å². The molecule has 1 saturated carbocycles. The zero-order valence-electron chi connectivity index (χ0n) is 14.5. The fraction of sp³-hybridized carbons (Fsp3) is 0.471. The molecule has 0 bridgehead atoms. The number of carbonyl (C=O) groups is 2. The number of nitrogens with one attached hydrogen (secondary N) is 3. The van der Waals surface area contributed by atoms with Crippen molar-refractivity contribution in [2.45, 2.75) is 43.9 Å². The van der Waals surface area contributed by atoms with Crippen LogP contribution in [-0.4, -0.2) is 40.8 Å². The second kappa shape index (κ2) is 7.45. The largest absolute Gasteiger partial charge is 0.380 e. The Bertz CT molecular complexity index is 754. The number of rotatable bonds is 1. The average molecular weight is 391 g/mol. The molecule has 4 aliphatic rings. The highest BCUT2D eigenvalue weighted by Gasteiger charge is 2.38. The molecule has 26 heavy (non-hydrogen) atoms. The Morgan fingerprint density at radius 2 is 2.12 bits per heavy atom. The molecule has 138 valence electrons. The number of fused-ring (bicyclic) bond motifs is 2. The van der Waals surface area contributed by atoms with Crippen LogP contribution in [0.3, 0.4) is 0 Å². The first-order valence-corrected chi connectivity index (χ1v) is 10.8. The predicted octanol–water partition coefficient (Wildman–Crippen LogP) is 1.73. The first-order valence-electron chi connectivity index (χ1n) is 8.90. The number of likely N-dealkylation sites (N-methyl/N-ethyl adjacent to an activating group) is 1. The van der Waals surface area contributed by atoms with E-state index in [9.17, 15) is 9.59 Å². The summed E-state index contributed by atoms with van der Waals surface area (Å²) in [5.74, 6) is 1.57. The molecule has 0 saturated heterocycles. The molecule has 3 heterocycles. The molecular formula is C17H22N5O2PS. The van der Waals surface area contributed by atoms with Crippen molar-refractivity contribution in [3.05, 3.63) is 34.9 Å². The highest BCUT2D eigenvalue weighted by Crippen LogP contribution is 2.47. The van der Waals surface area contributed by atoms with E-state index >= 15 is 0 Å². The fourth-order valence-corrected chi connectivity index (χ4v) is 5.85. The molecule has 2 amide bonds. The van der Waals surface area contributed by atoms with Gasteiger partial charge in [0.05, 0.1) is 23.6 Å². The van der Waals surface area contributed by atoms with Gasteiger partial charge in [-0.3, -0.25) is 13.9 Å². The summed E-state index contributed by atoms with van der Waals surface area (Å²) in [4.78, 5) is 23.6. The Morgan fingerprint density at radius 1 is 1.31 bits per heavy atom. The lowest BCUT2D eigenvalue weighted by Gasteiger charge is -2.40. The van der Waals surface area contributed by atoms with Gasteiger partial charge >= 0.3 is 11.8 Å². The third kappa shape index (κ3) is 3.16. The highest BCUT2D eigenvalue weighted by atomic mass is 32.2. The molecule has 0 spiro atoms. The van der Waals surface area contributed by atoms with E-state index in [0.717, 1.165) is 24.1 Å². The molecule has 3 N–H and O–H groups in total. The SMILES string of the molecule is CNC(=O)C(=O)NC1=NSN(C2CCCCC2)C2=C3C=CNC3PC=C12. The summed E-state index contributed by atoms with van der Waals surface area (Å²) in [6.07, 6.45) is 10.2. The Balaban J connectivity index is 1.67. The van der Waals surface area contributed by atoms with Crippen molar-refractivity contribution in [2.75, 3.05) is 7.05 Å². The quantitative estimate of drug-likeness (QED) is 0.360. The van der Waals surface area contributed by atoms with E-state index in [1.165, 1.54) is 44.0 Å². The van der Waals surface area contributed by atoms with Gasteiger partial charge in [0, 0.05) is 24.2 Å². The number of amidine groups is 1. The minimum absolute atomic E-state index is 0.300. The van der Waals surface area contributed by atoms with Crippen LogP contribution in [0.5, 0.6) is 0 Å². The maximum absolute atomic E-state index is 12.0. The monoisotopic (exact) mass is 391 g/mol. The van der Waals surface area contributed by atoms with Gasteiger partial charge < -0.3 is 16.0 Å². The molecule has 1 fully saturated rings. The maximum Gasteiger partial charge on any atom is 0.314 e. The molecule has 7 nitrogen and oxygen atoms in total. The van der Waals surface area contributed by atoms with Gasteiger partial charge in [-0.25, -0.2) is 0 Å². The van der Waals surface area contributed by atoms with Crippen molar-refractivity contribution < 1.29 is 9.59 Å². The number of hydrogen-bond acceptors (Lipinski definition) is 6. The van der Waals surface area contributed by atoms with Gasteiger partial charge in [0.1, 0.15) is 0 Å². The zero-order chi connectivity index (χ0) is 18.1. The molecule has 4 rings (SSSR count). The fourth-order valence-electron chi connectivity index (χ4n) is 3.70. The summed E-state index contributed by atoms with van der Waals surface area (Å²) in [5, 5.41) is 8.43. The van der Waals surface area contributed by atoms with Gasteiger partial charge in [0.15, 0.2) is 5.84 Å². The second-order valence-electron chi connectivity index (χ2n) is 6.63.